The molecule has 1 aliphatic rings. The van der Waals surface area contributed by atoms with Crippen LogP contribution in [0, 0.1) is 6.92 Å². The highest BCUT2D eigenvalue weighted by Gasteiger charge is 2.47. The molecule has 0 bridgehead atoms. The molecule has 0 radical (unpaired) electrons. The molecular formula is C23H22ClN3O5. The van der Waals surface area contributed by atoms with Gasteiger partial charge in [0.25, 0.3) is 11.7 Å². The number of aliphatic hydroxyl groups excluding tert-OH is 1. The minimum atomic E-state index is -0.840. The van der Waals surface area contributed by atoms with E-state index in [0.717, 1.165) is 0 Å². The molecule has 9 heteroatoms. The SMILES string of the molecule is COc1ccc(C(O)=C2C(=O)C(=O)N(CCCn3ccnc3)[C@H]2c2ccc(C)o2)cc1Cl. The average molecular weight is 456 g/mol. The van der Waals surface area contributed by atoms with Crippen LogP contribution in [-0.2, 0) is 16.1 Å². The largest absolute Gasteiger partial charge is 0.507 e. The third kappa shape index (κ3) is 4.01. The molecule has 0 spiro atoms. The van der Waals surface area contributed by atoms with Gasteiger partial charge < -0.3 is 23.7 Å². The van der Waals surface area contributed by atoms with Crippen molar-refractivity contribution in [3.63, 3.8) is 0 Å². The number of nitrogens with zero attached hydrogens (tertiary/aromatic N) is 3. The minimum Gasteiger partial charge on any atom is -0.507 e. The van der Waals surface area contributed by atoms with Crippen LogP contribution in [0.1, 0.15) is 29.5 Å². The van der Waals surface area contributed by atoms with Crippen molar-refractivity contribution in [2.45, 2.75) is 25.9 Å². The Morgan fingerprint density at radius 1 is 1.25 bits per heavy atom. The Kier molecular flexibility index (Phi) is 6.05. The van der Waals surface area contributed by atoms with Crippen LogP contribution >= 0.6 is 11.6 Å². The Labute approximate surface area is 189 Å². The standard InChI is InChI=1S/C23H22ClN3O5/c1-14-4-6-18(32-14)20-19(21(28)15-5-7-17(31-2)16(24)12-15)22(29)23(30)27(20)10-3-9-26-11-8-25-13-26/h4-8,11-13,20,28H,3,9-10H2,1-2H3/t20-/m0/s1. The number of aryl methyl sites for hydroxylation is 2. The van der Waals surface area contributed by atoms with Gasteiger partial charge >= 0.3 is 0 Å². The van der Waals surface area contributed by atoms with Crippen molar-refractivity contribution in [3.05, 3.63) is 76.7 Å². The topological polar surface area (TPSA) is 97.8 Å². The first kappa shape index (κ1) is 21.7. The van der Waals surface area contributed by atoms with E-state index in [2.05, 4.69) is 4.98 Å². The van der Waals surface area contributed by atoms with E-state index < -0.39 is 17.7 Å². The number of aromatic nitrogens is 2. The Morgan fingerprint density at radius 3 is 2.69 bits per heavy atom. The predicted molar refractivity (Wildman–Crippen MR) is 117 cm³/mol. The lowest BCUT2D eigenvalue weighted by atomic mass is 9.99. The van der Waals surface area contributed by atoms with Gasteiger partial charge in [0, 0.05) is 31.0 Å². The third-order valence-electron chi connectivity index (χ3n) is 5.37. The number of aliphatic hydroxyl groups is 1. The molecule has 1 fully saturated rings. The summed E-state index contributed by atoms with van der Waals surface area (Å²) in [5, 5.41) is 11.3. The zero-order valence-corrected chi connectivity index (χ0v) is 18.4. The first-order valence-electron chi connectivity index (χ1n) is 10.0. The number of amides is 1. The van der Waals surface area contributed by atoms with Crippen LogP contribution in [0.5, 0.6) is 5.75 Å². The number of Topliss-reactive ketones (excluding diaryl/α,β-unsaturated/α-hetero) is 1. The van der Waals surface area contributed by atoms with Gasteiger partial charge in [-0.05, 0) is 43.7 Å². The van der Waals surface area contributed by atoms with E-state index in [9.17, 15) is 14.7 Å². The van der Waals surface area contributed by atoms with Crippen molar-refractivity contribution in [1.82, 2.24) is 14.5 Å². The van der Waals surface area contributed by atoms with Gasteiger partial charge in [-0.15, -0.1) is 0 Å². The maximum atomic E-state index is 13.0. The van der Waals surface area contributed by atoms with Crippen LogP contribution in [0.3, 0.4) is 0 Å². The Hall–Kier alpha value is -3.52. The van der Waals surface area contributed by atoms with E-state index in [0.29, 0.717) is 42.3 Å². The summed E-state index contributed by atoms with van der Waals surface area (Å²) in [4.78, 5) is 31.4. The molecule has 2 aromatic heterocycles. The number of halogens is 1. The molecule has 0 unspecified atom stereocenters. The van der Waals surface area contributed by atoms with Crippen molar-refractivity contribution < 1.29 is 23.8 Å². The van der Waals surface area contributed by atoms with Crippen molar-refractivity contribution in [3.8, 4) is 5.75 Å². The second-order valence-corrected chi connectivity index (χ2v) is 7.85. The zero-order chi connectivity index (χ0) is 22.8. The summed E-state index contributed by atoms with van der Waals surface area (Å²) in [6, 6.07) is 7.29. The third-order valence-corrected chi connectivity index (χ3v) is 5.67. The number of furan rings is 1. The van der Waals surface area contributed by atoms with E-state index in [4.69, 9.17) is 20.8 Å². The van der Waals surface area contributed by atoms with Crippen molar-refractivity contribution in [1.29, 1.82) is 0 Å². The van der Waals surface area contributed by atoms with Crippen LogP contribution in [0.25, 0.3) is 5.76 Å². The van der Waals surface area contributed by atoms with Crippen molar-refractivity contribution in [2.75, 3.05) is 13.7 Å². The van der Waals surface area contributed by atoms with Crippen LogP contribution in [-0.4, -0.2) is 44.9 Å². The molecule has 1 aromatic carbocycles. The normalized spacial score (nSPS) is 17.8. The number of methoxy groups -OCH3 is 1. The smallest absolute Gasteiger partial charge is 0.295 e. The van der Waals surface area contributed by atoms with Gasteiger partial charge in [-0.1, -0.05) is 11.6 Å². The molecule has 166 valence electrons. The van der Waals surface area contributed by atoms with Crippen LogP contribution in [0.15, 0.2) is 59.0 Å². The highest BCUT2D eigenvalue weighted by Crippen LogP contribution is 2.40. The minimum absolute atomic E-state index is 0.0341. The number of carbonyl (C=O) groups is 2. The summed E-state index contributed by atoms with van der Waals surface area (Å²) in [5.74, 6) is -0.292. The number of hydrogen-bond acceptors (Lipinski definition) is 6. The lowest BCUT2D eigenvalue weighted by Gasteiger charge is -2.23. The van der Waals surface area contributed by atoms with Gasteiger partial charge in [0.05, 0.1) is 24.0 Å². The molecule has 1 atom stereocenters. The average Bonchev–Trinajstić information content (AvgIpc) is 3.50. The first-order chi connectivity index (χ1) is 15.4. The molecule has 3 heterocycles. The second kappa shape index (κ2) is 8.92. The maximum Gasteiger partial charge on any atom is 0.295 e. The summed E-state index contributed by atoms with van der Waals surface area (Å²) >= 11 is 6.20. The van der Waals surface area contributed by atoms with E-state index in [1.807, 2.05) is 10.8 Å². The monoisotopic (exact) mass is 455 g/mol. The quantitative estimate of drug-likeness (QED) is 0.329. The van der Waals surface area contributed by atoms with E-state index >= 15 is 0 Å². The van der Waals surface area contributed by atoms with Crippen molar-refractivity contribution in [2.24, 2.45) is 0 Å². The highest BCUT2D eigenvalue weighted by molar-refractivity contribution is 6.46. The second-order valence-electron chi connectivity index (χ2n) is 7.44. The summed E-state index contributed by atoms with van der Waals surface area (Å²) in [7, 11) is 1.48. The first-order valence-corrected chi connectivity index (χ1v) is 10.4. The number of imidazole rings is 1. The Balaban J connectivity index is 1.72. The molecule has 0 saturated carbocycles. The van der Waals surface area contributed by atoms with Crippen LogP contribution in [0.4, 0.5) is 0 Å². The summed E-state index contributed by atoms with van der Waals surface area (Å²) in [6.07, 6.45) is 5.79. The lowest BCUT2D eigenvalue weighted by Crippen LogP contribution is -2.31. The number of hydrogen-bond donors (Lipinski definition) is 1. The summed E-state index contributed by atoms with van der Waals surface area (Å²) < 4.78 is 12.8. The number of likely N-dealkylation sites (tertiary alicyclic amines) is 1. The number of ether oxygens (including phenoxy) is 1. The van der Waals surface area contributed by atoms with Gasteiger partial charge in [0.2, 0.25) is 0 Å². The maximum absolute atomic E-state index is 13.0. The van der Waals surface area contributed by atoms with E-state index in [-0.39, 0.29) is 16.4 Å². The van der Waals surface area contributed by atoms with Crippen LogP contribution < -0.4 is 4.74 Å². The molecule has 4 rings (SSSR count). The Morgan fingerprint density at radius 2 is 2.06 bits per heavy atom. The highest BCUT2D eigenvalue weighted by atomic mass is 35.5. The molecular weight excluding hydrogens is 434 g/mol. The van der Waals surface area contributed by atoms with Gasteiger partial charge in [0.1, 0.15) is 29.1 Å². The molecule has 1 aliphatic heterocycles. The summed E-state index contributed by atoms with van der Waals surface area (Å²) in [6.45, 7) is 2.70. The molecule has 3 aromatic rings. The number of rotatable bonds is 7. The molecule has 32 heavy (non-hydrogen) atoms. The predicted octanol–water partition coefficient (Wildman–Crippen LogP) is 3.96. The lowest BCUT2D eigenvalue weighted by molar-refractivity contribution is -0.140. The molecule has 0 aliphatic carbocycles. The summed E-state index contributed by atoms with van der Waals surface area (Å²) in [5.41, 5.74) is 0.272. The fraction of sp³-hybridized carbons (Fsp3) is 0.261. The van der Waals surface area contributed by atoms with Gasteiger partial charge in [-0.3, -0.25) is 9.59 Å². The fourth-order valence-electron chi connectivity index (χ4n) is 3.82. The molecule has 1 saturated heterocycles. The number of ketones is 1. The van der Waals surface area contributed by atoms with E-state index in [1.165, 1.54) is 18.1 Å². The molecule has 1 N–H and O–H groups in total. The van der Waals surface area contributed by atoms with Gasteiger partial charge in [-0.25, -0.2) is 4.98 Å². The van der Waals surface area contributed by atoms with Crippen LogP contribution in [0.2, 0.25) is 5.02 Å². The van der Waals surface area contributed by atoms with Gasteiger partial charge in [-0.2, -0.15) is 0 Å². The fourth-order valence-corrected chi connectivity index (χ4v) is 4.08. The number of carbonyl (C=O) groups excluding carboxylic acids is 2. The van der Waals surface area contributed by atoms with Gasteiger partial charge in [0.15, 0.2) is 0 Å². The molecule has 1 amide bonds. The molecule has 8 nitrogen and oxygen atoms in total. The van der Waals surface area contributed by atoms with E-state index in [1.54, 1.807) is 43.7 Å². The van der Waals surface area contributed by atoms with Crippen molar-refractivity contribution >= 4 is 29.1 Å². The zero-order valence-electron chi connectivity index (χ0n) is 17.6. The Bertz CT molecular complexity index is 1180. The number of benzene rings is 1.